The molecule has 0 unspecified atom stereocenters. The summed E-state index contributed by atoms with van der Waals surface area (Å²) in [6.07, 6.45) is 1.95. The maximum atomic E-state index is 11.5. The number of nitrogens with zero attached hydrogens (tertiary/aromatic N) is 1. The highest BCUT2D eigenvalue weighted by Gasteiger charge is 2.07. The van der Waals surface area contributed by atoms with E-state index in [-0.39, 0.29) is 11.5 Å². The number of hydrogen-bond acceptors (Lipinski definition) is 3. The summed E-state index contributed by atoms with van der Waals surface area (Å²) in [7, 11) is -2.95. The molecule has 2 N–H and O–H groups in total. The molecule has 0 aliphatic rings. The summed E-state index contributed by atoms with van der Waals surface area (Å²) >= 11 is 0. The van der Waals surface area contributed by atoms with Gasteiger partial charge in [-0.2, -0.15) is 0 Å². The SMILES string of the molecule is CCNC(=NCCCc1ccc(C(C)C)cc1)NCCS(=O)(=O)CC. The zero-order chi connectivity index (χ0) is 18.7. The van der Waals surface area contributed by atoms with E-state index in [1.807, 2.05) is 6.92 Å². The first kappa shape index (κ1) is 21.5. The van der Waals surface area contributed by atoms with Gasteiger partial charge in [-0.3, -0.25) is 4.99 Å². The molecule has 0 fully saturated rings. The minimum absolute atomic E-state index is 0.135. The fraction of sp³-hybridized carbons (Fsp3) is 0.632. The molecule has 1 aromatic carbocycles. The largest absolute Gasteiger partial charge is 0.357 e. The van der Waals surface area contributed by atoms with Crippen molar-refractivity contribution in [3.63, 3.8) is 0 Å². The van der Waals surface area contributed by atoms with E-state index in [1.165, 1.54) is 11.1 Å². The Morgan fingerprint density at radius 1 is 1.12 bits per heavy atom. The van der Waals surface area contributed by atoms with Crippen molar-refractivity contribution < 1.29 is 8.42 Å². The minimum atomic E-state index is -2.95. The van der Waals surface area contributed by atoms with Crippen molar-refractivity contribution in [2.75, 3.05) is 31.1 Å². The van der Waals surface area contributed by atoms with Crippen LogP contribution in [0.15, 0.2) is 29.3 Å². The normalized spacial score (nSPS) is 12.4. The van der Waals surface area contributed by atoms with Crippen LogP contribution in [0.3, 0.4) is 0 Å². The van der Waals surface area contributed by atoms with Crippen molar-refractivity contribution in [2.45, 2.75) is 46.5 Å². The molecule has 0 aromatic heterocycles. The average Bonchev–Trinajstić information content (AvgIpc) is 2.59. The molecule has 25 heavy (non-hydrogen) atoms. The van der Waals surface area contributed by atoms with Gasteiger partial charge < -0.3 is 10.6 Å². The predicted octanol–water partition coefficient (Wildman–Crippen LogP) is 2.73. The first-order chi connectivity index (χ1) is 11.9. The second-order valence-electron chi connectivity index (χ2n) is 6.42. The van der Waals surface area contributed by atoms with Crippen LogP contribution in [-0.2, 0) is 16.3 Å². The third-order valence-electron chi connectivity index (χ3n) is 4.03. The molecule has 0 radical (unpaired) electrons. The Bertz CT molecular complexity index is 623. The van der Waals surface area contributed by atoms with Crippen LogP contribution in [0, 0.1) is 0 Å². The molecule has 5 nitrogen and oxygen atoms in total. The van der Waals surface area contributed by atoms with Crippen molar-refractivity contribution in [2.24, 2.45) is 4.99 Å². The molecule has 0 bridgehead atoms. The lowest BCUT2D eigenvalue weighted by molar-refractivity contribution is 0.595. The molecule has 0 atom stereocenters. The van der Waals surface area contributed by atoms with E-state index < -0.39 is 9.84 Å². The Labute approximate surface area is 153 Å². The topological polar surface area (TPSA) is 70.6 Å². The number of nitrogens with one attached hydrogen (secondary N) is 2. The highest BCUT2D eigenvalue weighted by Crippen LogP contribution is 2.15. The van der Waals surface area contributed by atoms with Crippen LogP contribution in [-0.4, -0.2) is 45.5 Å². The van der Waals surface area contributed by atoms with E-state index in [9.17, 15) is 8.42 Å². The van der Waals surface area contributed by atoms with Crippen molar-refractivity contribution in [3.8, 4) is 0 Å². The third-order valence-corrected chi connectivity index (χ3v) is 5.74. The predicted molar refractivity (Wildman–Crippen MR) is 107 cm³/mol. The lowest BCUT2D eigenvalue weighted by Crippen LogP contribution is -2.39. The summed E-state index contributed by atoms with van der Waals surface area (Å²) in [5.41, 5.74) is 2.69. The minimum Gasteiger partial charge on any atom is -0.357 e. The second kappa shape index (κ2) is 11.1. The van der Waals surface area contributed by atoms with E-state index in [2.05, 4.69) is 53.7 Å². The van der Waals surface area contributed by atoms with E-state index >= 15 is 0 Å². The summed E-state index contributed by atoms with van der Waals surface area (Å²) in [6.45, 7) is 9.91. The number of aliphatic imine (C=N–C) groups is 1. The molecule has 0 saturated heterocycles. The number of hydrogen-bond donors (Lipinski definition) is 2. The van der Waals surface area contributed by atoms with Crippen LogP contribution in [0.5, 0.6) is 0 Å². The number of aryl methyl sites for hydroxylation is 1. The summed E-state index contributed by atoms with van der Waals surface area (Å²) in [4.78, 5) is 4.52. The maximum absolute atomic E-state index is 11.5. The average molecular weight is 368 g/mol. The van der Waals surface area contributed by atoms with Crippen LogP contribution in [0.4, 0.5) is 0 Å². The standard InChI is InChI=1S/C19H33N3O2S/c1-5-20-19(22-14-15-25(23,24)6-2)21-13-7-8-17-9-11-18(12-10-17)16(3)4/h9-12,16H,5-8,13-15H2,1-4H3,(H2,20,21,22). The molecule has 1 aromatic rings. The molecule has 142 valence electrons. The van der Waals surface area contributed by atoms with Crippen LogP contribution in [0.25, 0.3) is 0 Å². The van der Waals surface area contributed by atoms with Gasteiger partial charge in [0, 0.05) is 25.4 Å². The Balaban J connectivity index is 2.41. The molecule has 6 heteroatoms. The van der Waals surface area contributed by atoms with Crippen molar-refractivity contribution in [1.29, 1.82) is 0 Å². The summed E-state index contributed by atoms with van der Waals surface area (Å²) in [6, 6.07) is 8.78. The highest BCUT2D eigenvalue weighted by molar-refractivity contribution is 7.91. The van der Waals surface area contributed by atoms with Gasteiger partial charge in [-0.05, 0) is 36.8 Å². The molecule has 0 heterocycles. The third kappa shape index (κ3) is 8.91. The van der Waals surface area contributed by atoms with Crippen LogP contribution < -0.4 is 10.6 Å². The van der Waals surface area contributed by atoms with Gasteiger partial charge in [-0.1, -0.05) is 45.0 Å². The van der Waals surface area contributed by atoms with Gasteiger partial charge in [-0.15, -0.1) is 0 Å². The number of benzene rings is 1. The molecule has 0 aliphatic carbocycles. The molecule has 0 saturated carbocycles. The van der Waals surface area contributed by atoms with Gasteiger partial charge in [0.1, 0.15) is 0 Å². The fourth-order valence-corrected chi connectivity index (χ4v) is 3.06. The van der Waals surface area contributed by atoms with Gasteiger partial charge >= 0.3 is 0 Å². The number of rotatable bonds is 10. The lowest BCUT2D eigenvalue weighted by Gasteiger charge is -2.11. The van der Waals surface area contributed by atoms with Crippen LogP contribution in [0.1, 0.15) is 51.2 Å². The highest BCUT2D eigenvalue weighted by atomic mass is 32.2. The summed E-state index contributed by atoms with van der Waals surface area (Å²) in [5.74, 6) is 1.56. The monoisotopic (exact) mass is 367 g/mol. The Morgan fingerprint density at radius 2 is 1.80 bits per heavy atom. The second-order valence-corrected chi connectivity index (χ2v) is 8.90. The van der Waals surface area contributed by atoms with Gasteiger partial charge in [0.2, 0.25) is 0 Å². The number of guanidine groups is 1. The Hall–Kier alpha value is -1.56. The van der Waals surface area contributed by atoms with E-state index in [1.54, 1.807) is 6.92 Å². The fourth-order valence-electron chi connectivity index (χ4n) is 2.35. The van der Waals surface area contributed by atoms with Crippen molar-refractivity contribution >= 4 is 15.8 Å². The first-order valence-corrected chi connectivity index (χ1v) is 11.0. The zero-order valence-corrected chi connectivity index (χ0v) is 16.8. The zero-order valence-electron chi connectivity index (χ0n) is 16.0. The Kier molecular flexibility index (Phi) is 9.57. The van der Waals surface area contributed by atoms with E-state index in [0.29, 0.717) is 25.0 Å². The molecular formula is C19H33N3O2S. The smallest absolute Gasteiger partial charge is 0.191 e. The van der Waals surface area contributed by atoms with E-state index in [4.69, 9.17) is 0 Å². The molecule has 1 rings (SSSR count). The van der Waals surface area contributed by atoms with Crippen molar-refractivity contribution in [1.82, 2.24) is 10.6 Å². The Morgan fingerprint density at radius 3 is 2.36 bits per heavy atom. The van der Waals surface area contributed by atoms with Crippen LogP contribution >= 0.6 is 0 Å². The lowest BCUT2D eigenvalue weighted by atomic mass is 10.0. The molecule has 0 spiro atoms. The van der Waals surface area contributed by atoms with Crippen LogP contribution in [0.2, 0.25) is 0 Å². The van der Waals surface area contributed by atoms with E-state index in [0.717, 1.165) is 19.4 Å². The molecule has 0 amide bonds. The molecular weight excluding hydrogens is 334 g/mol. The summed E-state index contributed by atoms with van der Waals surface area (Å²) in [5, 5.41) is 6.24. The van der Waals surface area contributed by atoms with Gasteiger partial charge in [0.25, 0.3) is 0 Å². The van der Waals surface area contributed by atoms with Gasteiger partial charge in [-0.25, -0.2) is 8.42 Å². The quantitative estimate of drug-likeness (QED) is 0.379. The summed E-state index contributed by atoms with van der Waals surface area (Å²) < 4.78 is 23.0. The van der Waals surface area contributed by atoms with Gasteiger partial charge in [0.15, 0.2) is 15.8 Å². The number of sulfone groups is 1. The first-order valence-electron chi connectivity index (χ1n) is 9.19. The van der Waals surface area contributed by atoms with Gasteiger partial charge in [0.05, 0.1) is 5.75 Å². The molecule has 0 aliphatic heterocycles. The maximum Gasteiger partial charge on any atom is 0.191 e. The van der Waals surface area contributed by atoms with Crippen molar-refractivity contribution in [3.05, 3.63) is 35.4 Å².